The summed E-state index contributed by atoms with van der Waals surface area (Å²) in [6.07, 6.45) is 0.243. The number of nitrogens with one attached hydrogen (secondary N) is 1. The van der Waals surface area contributed by atoms with Crippen molar-refractivity contribution in [2.75, 3.05) is 16.8 Å². The number of carbonyl (C=O) groups excluding carboxylic acids is 2. The summed E-state index contributed by atoms with van der Waals surface area (Å²) in [7, 11) is 0. The first-order valence-corrected chi connectivity index (χ1v) is 9.51. The number of amides is 2. The number of rotatable bonds is 3. The molecule has 0 radical (unpaired) electrons. The molecule has 1 fully saturated rings. The minimum atomic E-state index is -0.340. The molecular weight excluding hydrogens is 392 g/mol. The normalized spacial score (nSPS) is 16.9. The van der Waals surface area contributed by atoms with Gasteiger partial charge in [0.25, 0.3) is 0 Å². The van der Waals surface area contributed by atoms with Gasteiger partial charge in [0, 0.05) is 28.8 Å². The molecule has 0 aromatic heterocycles. The standard InChI is InChI=1S/C21H23BrN2O2/c1-12-5-6-17(9-13(12)2)24-11-16(10-20(24)25)21(26)23-19-8-7-18(22)14(3)15(19)4/h5-9,16H,10-11H2,1-4H3,(H,23,26)/t16-/m0/s1. The zero-order valence-electron chi connectivity index (χ0n) is 15.5. The number of hydrogen-bond donors (Lipinski definition) is 1. The Morgan fingerprint density at radius 2 is 1.81 bits per heavy atom. The average Bonchev–Trinajstić information content (AvgIpc) is 3.00. The van der Waals surface area contributed by atoms with Crippen molar-refractivity contribution in [1.82, 2.24) is 0 Å². The third-order valence-electron chi connectivity index (χ3n) is 5.28. The van der Waals surface area contributed by atoms with E-state index in [1.165, 1.54) is 5.56 Å². The Morgan fingerprint density at radius 1 is 1.08 bits per heavy atom. The SMILES string of the molecule is Cc1ccc(N2C[C@@H](C(=O)Nc3ccc(Br)c(C)c3C)CC2=O)cc1C. The van der Waals surface area contributed by atoms with Gasteiger partial charge < -0.3 is 10.2 Å². The molecule has 1 atom stereocenters. The van der Waals surface area contributed by atoms with E-state index in [0.29, 0.717) is 6.54 Å². The van der Waals surface area contributed by atoms with Gasteiger partial charge in [-0.25, -0.2) is 0 Å². The van der Waals surface area contributed by atoms with Crippen LogP contribution in [0.4, 0.5) is 11.4 Å². The second-order valence-electron chi connectivity index (χ2n) is 7.01. The van der Waals surface area contributed by atoms with Gasteiger partial charge in [0.05, 0.1) is 5.92 Å². The molecule has 136 valence electrons. The Hall–Kier alpha value is -2.14. The van der Waals surface area contributed by atoms with Gasteiger partial charge >= 0.3 is 0 Å². The van der Waals surface area contributed by atoms with Crippen LogP contribution >= 0.6 is 15.9 Å². The van der Waals surface area contributed by atoms with Gasteiger partial charge in [-0.2, -0.15) is 0 Å². The summed E-state index contributed by atoms with van der Waals surface area (Å²) in [5.74, 6) is -0.445. The van der Waals surface area contributed by atoms with E-state index in [0.717, 1.165) is 32.5 Å². The van der Waals surface area contributed by atoms with E-state index in [-0.39, 0.29) is 24.2 Å². The summed E-state index contributed by atoms with van der Waals surface area (Å²) in [4.78, 5) is 26.9. The lowest BCUT2D eigenvalue weighted by molar-refractivity contribution is -0.122. The average molecular weight is 415 g/mol. The summed E-state index contributed by atoms with van der Waals surface area (Å²) in [5.41, 5.74) is 6.13. The molecule has 3 rings (SSSR count). The van der Waals surface area contributed by atoms with Crippen molar-refractivity contribution in [3.05, 3.63) is 57.1 Å². The van der Waals surface area contributed by atoms with Gasteiger partial charge in [0.1, 0.15) is 0 Å². The lowest BCUT2D eigenvalue weighted by Gasteiger charge is -2.18. The molecule has 1 aliphatic rings. The van der Waals surface area contributed by atoms with Gasteiger partial charge in [-0.15, -0.1) is 0 Å². The van der Waals surface area contributed by atoms with Crippen molar-refractivity contribution >= 4 is 39.1 Å². The third kappa shape index (κ3) is 3.54. The van der Waals surface area contributed by atoms with E-state index >= 15 is 0 Å². The monoisotopic (exact) mass is 414 g/mol. The molecule has 2 aromatic rings. The van der Waals surface area contributed by atoms with Crippen LogP contribution in [0.25, 0.3) is 0 Å². The van der Waals surface area contributed by atoms with E-state index < -0.39 is 0 Å². The summed E-state index contributed by atoms with van der Waals surface area (Å²) < 4.78 is 1.02. The number of aryl methyl sites for hydroxylation is 2. The van der Waals surface area contributed by atoms with E-state index in [9.17, 15) is 9.59 Å². The smallest absolute Gasteiger partial charge is 0.229 e. The second-order valence-corrected chi connectivity index (χ2v) is 7.86. The highest BCUT2D eigenvalue weighted by atomic mass is 79.9. The largest absolute Gasteiger partial charge is 0.326 e. The molecule has 1 aliphatic heterocycles. The molecule has 1 heterocycles. The maximum Gasteiger partial charge on any atom is 0.229 e. The zero-order valence-corrected chi connectivity index (χ0v) is 17.1. The number of hydrogen-bond acceptors (Lipinski definition) is 2. The van der Waals surface area contributed by atoms with Crippen LogP contribution in [0.5, 0.6) is 0 Å². The van der Waals surface area contributed by atoms with Crippen LogP contribution in [-0.4, -0.2) is 18.4 Å². The summed E-state index contributed by atoms with van der Waals surface area (Å²) >= 11 is 3.50. The fourth-order valence-corrected chi connectivity index (χ4v) is 3.61. The number of halogens is 1. The molecule has 0 bridgehead atoms. The molecule has 5 heteroatoms. The Morgan fingerprint density at radius 3 is 2.50 bits per heavy atom. The van der Waals surface area contributed by atoms with Crippen LogP contribution in [0.2, 0.25) is 0 Å². The lowest BCUT2D eigenvalue weighted by Crippen LogP contribution is -2.28. The minimum absolute atomic E-state index is 0.00267. The van der Waals surface area contributed by atoms with Crippen molar-refractivity contribution in [3.63, 3.8) is 0 Å². The first-order chi connectivity index (χ1) is 12.3. The van der Waals surface area contributed by atoms with Crippen molar-refractivity contribution in [2.24, 2.45) is 5.92 Å². The van der Waals surface area contributed by atoms with Crippen LogP contribution < -0.4 is 10.2 Å². The molecule has 1 N–H and O–H groups in total. The predicted molar refractivity (Wildman–Crippen MR) is 109 cm³/mol. The molecular formula is C21H23BrN2O2. The molecule has 2 amide bonds. The van der Waals surface area contributed by atoms with Gasteiger partial charge in [-0.3, -0.25) is 9.59 Å². The Kier molecular flexibility index (Phi) is 5.19. The van der Waals surface area contributed by atoms with Crippen LogP contribution in [0.1, 0.15) is 28.7 Å². The van der Waals surface area contributed by atoms with E-state index in [4.69, 9.17) is 0 Å². The molecule has 0 saturated carbocycles. The topological polar surface area (TPSA) is 49.4 Å². The van der Waals surface area contributed by atoms with Crippen LogP contribution in [0, 0.1) is 33.6 Å². The summed E-state index contributed by atoms with van der Waals surface area (Å²) in [5, 5.41) is 2.99. The highest BCUT2D eigenvalue weighted by Gasteiger charge is 2.35. The van der Waals surface area contributed by atoms with E-state index in [1.54, 1.807) is 4.90 Å². The number of nitrogens with zero attached hydrogens (tertiary/aromatic N) is 1. The Bertz CT molecular complexity index is 892. The lowest BCUT2D eigenvalue weighted by atomic mass is 10.1. The van der Waals surface area contributed by atoms with E-state index in [2.05, 4.69) is 21.2 Å². The number of carbonyl (C=O) groups is 2. The van der Waals surface area contributed by atoms with Gasteiger partial charge in [-0.05, 0) is 74.2 Å². The zero-order chi connectivity index (χ0) is 19.0. The van der Waals surface area contributed by atoms with E-state index in [1.807, 2.05) is 58.0 Å². The summed E-state index contributed by atoms with van der Waals surface area (Å²) in [6, 6.07) is 9.79. The van der Waals surface area contributed by atoms with Crippen molar-refractivity contribution in [3.8, 4) is 0 Å². The highest BCUT2D eigenvalue weighted by Crippen LogP contribution is 2.29. The van der Waals surface area contributed by atoms with Gasteiger partial charge in [0.2, 0.25) is 11.8 Å². The first-order valence-electron chi connectivity index (χ1n) is 8.72. The highest BCUT2D eigenvalue weighted by molar-refractivity contribution is 9.10. The minimum Gasteiger partial charge on any atom is -0.326 e. The second kappa shape index (κ2) is 7.23. The molecule has 1 saturated heterocycles. The van der Waals surface area contributed by atoms with Gasteiger partial charge in [0.15, 0.2) is 0 Å². The maximum absolute atomic E-state index is 12.7. The summed E-state index contributed by atoms with van der Waals surface area (Å²) in [6.45, 7) is 8.49. The molecule has 0 unspecified atom stereocenters. The Balaban J connectivity index is 1.75. The molecule has 4 nitrogen and oxygen atoms in total. The predicted octanol–water partition coefficient (Wildman–Crippen LogP) is 4.67. The fourth-order valence-electron chi connectivity index (χ4n) is 3.18. The molecule has 0 aliphatic carbocycles. The molecule has 26 heavy (non-hydrogen) atoms. The van der Waals surface area contributed by atoms with Crippen molar-refractivity contribution in [1.29, 1.82) is 0 Å². The van der Waals surface area contributed by atoms with Gasteiger partial charge in [-0.1, -0.05) is 22.0 Å². The molecule has 2 aromatic carbocycles. The fraction of sp³-hybridized carbons (Fsp3) is 0.333. The van der Waals surface area contributed by atoms with Crippen molar-refractivity contribution < 1.29 is 9.59 Å². The van der Waals surface area contributed by atoms with Crippen LogP contribution in [0.15, 0.2) is 34.8 Å². The Labute approximate surface area is 162 Å². The number of anilines is 2. The maximum atomic E-state index is 12.7. The van der Waals surface area contributed by atoms with Crippen LogP contribution in [-0.2, 0) is 9.59 Å². The van der Waals surface area contributed by atoms with Crippen molar-refractivity contribution in [2.45, 2.75) is 34.1 Å². The van der Waals surface area contributed by atoms with Crippen LogP contribution in [0.3, 0.4) is 0 Å². The quantitative estimate of drug-likeness (QED) is 0.792. The number of benzene rings is 2. The third-order valence-corrected chi connectivity index (χ3v) is 6.14. The molecule has 0 spiro atoms. The first kappa shape index (κ1) is 18.6.